The van der Waals surface area contributed by atoms with Crippen molar-refractivity contribution in [1.82, 2.24) is 10.6 Å². The van der Waals surface area contributed by atoms with Gasteiger partial charge in [-0.25, -0.2) is 0 Å². The first-order chi connectivity index (χ1) is 9.70. The molecule has 2 unspecified atom stereocenters. The van der Waals surface area contributed by atoms with Gasteiger partial charge in [-0.2, -0.15) is 0 Å². The maximum absolute atomic E-state index is 12.1. The summed E-state index contributed by atoms with van der Waals surface area (Å²) in [5.74, 6) is 1.23. The Bertz CT molecular complexity index is 448. The summed E-state index contributed by atoms with van der Waals surface area (Å²) in [6.07, 6.45) is 2.67. The zero-order chi connectivity index (χ0) is 14.4. The zero-order valence-electron chi connectivity index (χ0n) is 12.3. The van der Waals surface area contributed by atoms with Crippen molar-refractivity contribution in [2.45, 2.75) is 32.2 Å². The van der Waals surface area contributed by atoms with Crippen molar-refractivity contribution in [3.8, 4) is 5.75 Å². The molecule has 0 saturated carbocycles. The van der Waals surface area contributed by atoms with Crippen molar-refractivity contribution in [3.05, 3.63) is 29.8 Å². The van der Waals surface area contributed by atoms with Gasteiger partial charge in [-0.15, -0.1) is 0 Å². The first kappa shape index (κ1) is 14.9. The zero-order valence-corrected chi connectivity index (χ0v) is 12.3. The lowest BCUT2D eigenvalue weighted by atomic mass is 9.92. The van der Waals surface area contributed by atoms with Gasteiger partial charge in [0.15, 0.2) is 0 Å². The predicted molar refractivity (Wildman–Crippen MR) is 79.9 cm³/mol. The first-order valence-corrected chi connectivity index (χ1v) is 7.33. The molecular weight excluding hydrogens is 252 g/mol. The average Bonchev–Trinajstić information content (AvgIpc) is 2.47. The molecule has 0 bridgehead atoms. The number of hydrogen-bond acceptors (Lipinski definition) is 3. The fraction of sp³-hybridized carbons (Fsp3) is 0.562. The summed E-state index contributed by atoms with van der Waals surface area (Å²) in [6, 6.07) is 8.38. The van der Waals surface area contributed by atoms with Gasteiger partial charge in [-0.05, 0) is 44.4 Å². The summed E-state index contributed by atoms with van der Waals surface area (Å²) in [7, 11) is 1.67. The van der Waals surface area contributed by atoms with Crippen molar-refractivity contribution < 1.29 is 9.53 Å². The summed E-state index contributed by atoms with van der Waals surface area (Å²) in [5, 5.41) is 6.42. The molecule has 0 spiro atoms. The van der Waals surface area contributed by atoms with E-state index < -0.39 is 0 Å². The summed E-state index contributed by atoms with van der Waals surface area (Å²) in [6.45, 7) is 3.73. The number of ether oxygens (including phenoxy) is 1. The van der Waals surface area contributed by atoms with Gasteiger partial charge in [0.1, 0.15) is 5.75 Å². The normalized spacial score (nSPS) is 22.3. The molecule has 2 atom stereocenters. The Kier molecular flexibility index (Phi) is 5.41. The molecule has 0 radical (unpaired) electrons. The molecule has 1 saturated heterocycles. The standard InChI is InChI=1S/C16H24N2O2/c1-12-11-14(8-9-17-12)16(19)18-10-7-13-5-3-4-6-15(13)20-2/h3-6,12,14,17H,7-11H2,1-2H3,(H,18,19). The van der Waals surface area contributed by atoms with E-state index in [0.717, 1.165) is 37.1 Å². The van der Waals surface area contributed by atoms with E-state index in [2.05, 4.69) is 17.6 Å². The smallest absolute Gasteiger partial charge is 0.223 e. The lowest BCUT2D eigenvalue weighted by Gasteiger charge is -2.27. The van der Waals surface area contributed by atoms with E-state index in [0.29, 0.717) is 12.6 Å². The van der Waals surface area contributed by atoms with Crippen LogP contribution in [0.3, 0.4) is 0 Å². The van der Waals surface area contributed by atoms with Crippen molar-refractivity contribution in [3.63, 3.8) is 0 Å². The first-order valence-electron chi connectivity index (χ1n) is 7.33. The van der Waals surface area contributed by atoms with Crippen LogP contribution in [0.2, 0.25) is 0 Å². The van der Waals surface area contributed by atoms with E-state index in [1.807, 2.05) is 24.3 Å². The maximum Gasteiger partial charge on any atom is 0.223 e. The van der Waals surface area contributed by atoms with Gasteiger partial charge < -0.3 is 15.4 Å². The number of piperidine rings is 1. The molecule has 0 aliphatic carbocycles. The van der Waals surface area contributed by atoms with Gasteiger partial charge in [0.2, 0.25) is 5.91 Å². The van der Waals surface area contributed by atoms with Crippen LogP contribution in [0.5, 0.6) is 5.75 Å². The maximum atomic E-state index is 12.1. The minimum absolute atomic E-state index is 0.156. The molecule has 4 nitrogen and oxygen atoms in total. The number of amides is 1. The minimum atomic E-state index is 0.156. The topological polar surface area (TPSA) is 50.4 Å². The minimum Gasteiger partial charge on any atom is -0.496 e. The van der Waals surface area contributed by atoms with E-state index in [1.165, 1.54) is 0 Å². The third kappa shape index (κ3) is 3.97. The van der Waals surface area contributed by atoms with E-state index in [1.54, 1.807) is 7.11 Å². The Morgan fingerprint density at radius 3 is 3.00 bits per heavy atom. The molecule has 110 valence electrons. The van der Waals surface area contributed by atoms with Crippen molar-refractivity contribution in [2.24, 2.45) is 5.92 Å². The Hall–Kier alpha value is -1.55. The van der Waals surface area contributed by atoms with Crippen LogP contribution in [-0.4, -0.2) is 32.1 Å². The molecule has 2 rings (SSSR count). The van der Waals surface area contributed by atoms with Crippen LogP contribution in [0.15, 0.2) is 24.3 Å². The quantitative estimate of drug-likeness (QED) is 0.861. The number of methoxy groups -OCH3 is 1. The molecule has 1 aliphatic heterocycles. The number of carbonyl (C=O) groups excluding carboxylic acids is 1. The van der Waals surface area contributed by atoms with Crippen LogP contribution in [0, 0.1) is 5.92 Å². The molecule has 1 amide bonds. The highest BCUT2D eigenvalue weighted by Gasteiger charge is 2.24. The van der Waals surface area contributed by atoms with Gasteiger partial charge in [0.05, 0.1) is 7.11 Å². The molecular formula is C16H24N2O2. The van der Waals surface area contributed by atoms with Crippen LogP contribution in [0.4, 0.5) is 0 Å². The third-order valence-corrected chi connectivity index (χ3v) is 3.88. The van der Waals surface area contributed by atoms with E-state index >= 15 is 0 Å². The van der Waals surface area contributed by atoms with Gasteiger partial charge in [-0.1, -0.05) is 18.2 Å². The Labute approximate surface area is 120 Å². The van der Waals surface area contributed by atoms with Gasteiger partial charge in [-0.3, -0.25) is 4.79 Å². The Morgan fingerprint density at radius 1 is 1.45 bits per heavy atom. The molecule has 20 heavy (non-hydrogen) atoms. The molecule has 2 N–H and O–H groups in total. The molecule has 1 aromatic carbocycles. The molecule has 4 heteroatoms. The second-order valence-corrected chi connectivity index (χ2v) is 5.43. The fourth-order valence-corrected chi connectivity index (χ4v) is 2.74. The number of para-hydroxylation sites is 1. The van der Waals surface area contributed by atoms with E-state index in [-0.39, 0.29) is 11.8 Å². The van der Waals surface area contributed by atoms with Gasteiger partial charge in [0.25, 0.3) is 0 Å². The highest BCUT2D eigenvalue weighted by Crippen LogP contribution is 2.18. The summed E-state index contributed by atoms with van der Waals surface area (Å²) in [5.41, 5.74) is 1.13. The summed E-state index contributed by atoms with van der Waals surface area (Å²) in [4.78, 5) is 12.1. The highest BCUT2D eigenvalue weighted by atomic mass is 16.5. The van der Waals surface area contributed by atoms with Crippen molar-refractivity contribution >= 4 is 5.91 Å². The number of carbonyl (C=O) groups is 1. The van der Waals surface area contributed by atoms with Crippen molar-refractivity contribution in [1.29, 1.82) is 0 Å². The lowest BCUT2D eigenvalue weighted by molar-refractivity contribution is -0.126. The number of nitrogens with one attached hydrogen (secondary N) is 2. The molecule has 0 aromatic heterocycles. The number of rotatable bonds is 5. The average molecular weight is 276 g/mol. The summed E-state index contributed by atoms with van der Waals surface area (Å²) < 4.78 is 5.31. The van der Waals surface area contributed by atoms with Gasteiger partial charge >= 0.3 is 0 Å². The van der Waals surface area contributed by atoms with E-state index in [9.17, 15) is 4.79 Å². The van der Waals surface area contributed by atoms with Gasteiger partial charge in [0, 0.05) is 18.5 Å². The SMILES string of the molecule is COc1ccccc1CCNC(=O)C1CCNC(C)C1. The number of benzene rings is 1. The largest absolute Gasteiger partial charge is 0.496 e. The number of hydrogen-bond donors (Lipinski definition) is 2. The lowest BCUT2D eigenvalue weighted by Crippen LogP contribution is -2.42. The van der Waals surface area contributed by atoms with Crippen LogP contribution in [0.25, 0.3) is 0 Å². The van der Waals surface area contributed by atoms with Crippen LogP contribution >= 0.6 is 0 Å². The van der Waals surface area contributed by atoms with Crippen LogP contribution in [0.1, 0.15) is 25.3 Å². The summed E-state index contributed by atoms with van der Waals surface area (Å²) >= 11 is 0. The molecule has 1 heterocycles. The fourth-order valence-electron chi connectivity index (χ4n) is 2.74. The predicted octanol–water partition coefficient (Wildman–Crippen LogP) is 1.74. The monoisotopic (exact) mass is 276 g/mol. The van der Waals surface area contributed by atoms with Crippen molar-refractivity contribution in [2.75, 3.05) is 20.2 Å². The van der Waals surface area contributed by atoms with E-state index in [4.69, 9.17) is 4.74 Å². The molecule has 1 fully saturated rings. The highest BCUT2D eigenvalue weighted by molar-refractivity contribution is 5.78. The Morgan fingerprint density at radius 2 is 2.25 bits per heavy atom. The second-order valence-electron chi connectivity index (χ2n) is 5.43. The molecule has 1 aliphatic rings. The third-order valence-electron chi connectivity index (χ3n) is 3.88. The van der Waals surface area contributed by atoms with Crippen LogP contribution < -0.4 is 15.4 Å². The molecule has 1 aromatic rings. The Balaban J connectivity index is 1.79. The second kappa shape index (κ2) is 7.29. The van der Waals surface area contributed by atoms with Crippen LogP contribution in [-0.2, 0) is 11.2 Å².